The number of anilines is 2. The second-order valence-electron chi connectivity index (χ2n) is 4.17. The number of nitrogens with one attached hydrogen (secondary N) is 1. The molecule has 0 amide bonds. The molecule has 8 heteroatoms. The fourth-order valence-corrected chi connectivity index (χ4v) is 2.63. The summed E-state index contributed by atoms with van der Waals surface area (Å²) in [6.45, 7) is 0. The normalized spacial score (nSPS) is 11.1. The van der Waals surface area contributed by atoms with Gasteiger partial charge < -0.3 is 10.4 Å². The zero-order valence-electron chi connectivity index (χ0n) is 10.6. The maximum absolute atomic E-state index is 11.5. The summed E-state index contributed by atoms with van der Waals surface area (Å²) in [4.78, 5) is 10.9. The third kappa shape index (κ3) is 3.52. The van der Waals surface area contributed by atoms with E-state index >= 15 is 0 Å². The molecule has 4 N–H and O–H groups in total. The van der Waals surface area contributed by atoms with E-state index < -0.39 is 16.0 Å². The lowest BCUT2D eigenvalue weighted by atomic mass is 10.2. The number of hydrogen-bond acceptors (Lipinski definition) is 4. The van der Waals surface area contributed by atoms with Gasteiger partial charge in [0, 0.05) is 5.69 Å². The molecule has 0 atom stereocenters. The van der Waals surface area contributed by atoms with Gasteiger partial charge >= 0.3 is 5.97 Å². The van der Waals surface area contributed by atoms with Crippen LogP contribution in [0.5, 0.6) is 0 Å². The molecule has 0 aliphatic carbocycles. The summed E-state index contributed by atoms with van der Waals surface area (Å²) < 4.78 is 23.0. The van der Waals surface area contributed by atoms with Crippen molar-refractivity contribution in [3.05, 3.63) is 53.1 Å². The largest absolute Gasteiger partial charge is 0.478 e. The Balaban J connectivity index is 2.45. The average molecular weight is 327 g/mol. The minimum absolute atomic E-state index is 0.0863. The first kappa shape index (κ1) is 15.3. The second-order valence-corrected chi connectivity index (χ2v) is 6.10. The highest BCUT2D eigenvalue weighted by molar-refractivity contribution is 7.89. The van der Waals surface area contributed by atoms with Crippen LogP contribution in [0.4, 0.5) is 11.4 Å². The molecule has 2 aromatic rings. The van der Waals surface area contributed by atoms with Crippen molar-refractivity contribution in [2.45, 2.75) is 4.90 Å². The first-order chi connectivity index (χ1) is 9.79. The number of nitrogens with two attached hydrogens (primary N) is 1. The number of halogens is 1. The molecule has 0 fully saturated rings. The van der Waals surface area contributed by atoms with Gasteiger partial charge in [-0.2, -0.15) is 0 Å². The van der Waals surface area contributed by atoms with Gasteiger partial charge in [-0.3, -0.25) is 0 Å². The molecule has 0 unspecified atom stereocenters. The van der Waals surface area contributed by atoms with E-state index in [1.165, 1.54) is 36.4 Å². The molecule has 0 aliphatic rings. The number of hydrogen-bond donors (Lipinski definition) is 3. The second kappa shape index (κ2) is 5.72. The molecule has 2 rings (SSSR count). The highest BCUT2D eigenvalue weighted by Crippen LogP contribution is 2.26. The van der Waals surface area contributed by atoms with Crippen LogP contribution in [0.25, 0.3) is 0 Å². The first-order valence-corrected chi connectivity index (χ1v) is 7.63. The van der Waals surface area contributed by atoms with Crippen molar-refractivity contribution >= 4 is 39.0 Å². The van der Waals surface area contributed by atoms with E-state index in [-0.39, 0.29) is 21.2 Å². The molecule has 2 aromatic carbocycles. The van der Waals surface area contributed by atoms with Gasteiger partial charge in [0.25, 0.3) is 0 Å². The molecule has 6 nitrogen and oxygen atoms in total. The standard InChI is InChI=1S/C13H11ClN2O4S/c14-10-6-5-8(7-9(10)13(17)18)16-11-3-1-2-4-12(11)21(15,19)20/h1-7,16H,(H,17,18)(H2,15,19,20). The van der Waals surface area contributed by atoms with Gasteiger partial charge in [0.15, 0.2) is 0 Å². The van der Waals surface area contributed by atoms with Crippen LogP contribution in [0.1, 0.15) is 10.4 Å². The van der Waals surface area contributed by atoms with Crippen molar-refractivity contribution in [1.29, 1.82) is 0 Å². The number of benzene rings is 2. The molecule has 0 saturated carbocycles. The van der Waals surface area contributed by atoms with Gasteiger partial charge in [0.2, 0.25) is 10.0 Å². The quantitative estimate of drug-likeness (QED) is 0.799. The van der Waals surface area contributed by atoms with Gasteiger partial charge in [-0.15, -0.1) is 0 Å². The van der Waals surface area contributed by atoms with Crippen molar-refractivity contribution in [1.82, 2.24) is 0 Å². The lowest BCUT2D eigenvalue weighted by Gasteiger charge is -2.11. The Kier molecular flexibility index (Phi) is 4.17. The van der Waals surface area contributed by atoms with Crippen molar-refractivity contribution in [3.63, 3.8) is 0 Å². The zero-order valence-corrected chi connectivity index (χ0v) is 12.1. The zero-order chi connectivity index (χ0) is 15.6. The molecule has 0 aliphatic heterocycles. The van der Waals surface area contributed by atoms with Crippen LogP contribution >= 0.6 is 11.6 Å². The van der Waals surface area contributed by atoms with Gasteiger partial charge in [-0.25, -0.2) is 18.4 Å². The molecule has 110 valence electrons. The number of aromatic carboxylic acids is 1. The van der Waals surface area contributed by atoms with Gasteiger partial charge in [0.1, 0.15) is 4.90 Å². The maximum Gasteiger partial charge on any atom is 0.337 e. The molecule has 0 heterocycles. The van der Waals surface area contributed by atoms with Crippen LogP contribution in [0.15, 0.2) is 47.4 Å². The molecular weight excluding hydrogens is 316 g/mol. The molecule has 0 aromatic heterocycles. The number of para-hydroxylation sites is 1. The van der Waals surface area contributed by atoms with E-state index in [4.69, 9.17) is 21.8 Å². The number of carboxylic acids is 1. The Morgan fingerprint density at radius 2 is 1.86 bits per heavy atom. The van der Waals surface area contributed by atoms with Crippen LogP contribution in [0.3, 0.4) is 0 Å². The van der Waals surface area contributed by atoms with Crippen molar-refractivity contribution in [3.8, 4) is 0 Å². The highest BCUT2D eigenvalue weighted by Gasteiger charge is 2.14. The topological polar surface area (TPSA) is 109 Å². The summed E-state index contributed by atoms with van der Waals surface area (Å²) in [6, 6.07) is 10.3. The first-order valence-electron chi connectivity index (χ1n) is 5.71. The summed E-state index contributed by atoms with van der Waals surface area (Å²) in [5.41, 5.74) is 0.543. The van der Waals surface area contributed by atoms with E-state index in [2.05, 4.69) is 5.32 Å². The fourth-order valence-electron chi connectivity index (χ4n) is 1.74. The van der Waals surface area contributed by atoms with E-state index in [0.717, 1.165) is 0 Å². The number of carbonyl (C=O) groups is 1. The molecule has 0 radical (unpaired) electrons. The van der Waals surface area contributed by atoms with Gasteiger partial charge in [0.05, 0.1) is 16.3 Å². The fraction of sp³-hybridized carbons (Fsp3) is 0. The summed E-state index contributed by atoms with van der Waals surface area (Å²) in [6.07, 6.45) is 0. The molecular formula is C13H11ClN2O4S. The van der Waals surface area contributed by atoms with Crippen molar-refractivity contribution < 1.29 is 18.3 Å². The van der Waals surface area contributed by atoms with Crippen LogP contribution in [-0.2, 0) is 10.0 Å². The van der Waals surface area contributed by atoms with Gasteiger partial charge in [-0.05, 0) is 30.3 Å². The molecule has 0 bridgehead atoms. The SMILES string of the molecule is NS(=O)(=O)c1ccccc1Nc1ccc(Cl)c(C(=O)O)c1. The molecule has 0 spiro atoms. The highest BCUT2D eigenvalue weighted by atomic mass is 35.5. The summed E-state index contributed by atoms with van der Waals surface area (Å²) in [5, 5.41) is 17.1. The summed E-state index contributed by atoms with van der Waals surface area (Å²) in [7, 11) is -3.89. The summed E-state index contributed by atoms with van der Waals surface area (Å²) >= 11 is 5.77. The maximum atomic E-state index is 11.5. The number of sulfonamides is 1. The van der Waals surface area contributed by atoms with Crippen molar-refractivity contribution in [2.75, 3.05) is 5.32 Å². The number of primary sulfonamides is 1. The third-order valence-electron chi connectivity index (χ3n) is 2.67. The molecule has 21 heavy (non-hydrogen) atoms. The Bertz CT molecular complexity index is 806. The third-order valence-corrected chi connectivity index (χ3v) is 3.97. The minimum Gasteiger partial charge on any atom is -0.478 e. The van der Waals surface area contributed by atoms with Crippen LogP contribution in [0.2, 0.25) is 5.02 Å². The van der Waals surface area contributed by atoms with E-state index in [1.807, 2.05) is 0 Å². The minimum atomic E-state index is -3.89. The smallest absolute Gasteiger partial charge is 0.337 e. The Labute approximate surface area is 126 Å². The van der Waals surface area contributed by atoms with Crippen LogP contribution in [-0.4, -0.2) is 19.5 Å². The van der Waals surface area contributed by atoms with E-state index in [1.54, 1.807) is 6.07 Å². The number of carboxylic acid groups (broad SMARTS) is 1. The predicted octanol–water partition coefficient (Wildman–Crippen LogP) is 2.43. The van der Waals surface area contributed by atoms with Crippen LogP contribution in [0, 0.1) is 0 Å². The monoisotopic (exact) mass is 326 g/mol. The predicted molar refractivity (Wildman–Crippen MR) is 79.5 cm³/mol. The van der Waals surface area contributed by atoms with Crippen LogP contribution < -0.4 is 10.5 Å². The average Bonchev–Trinajstić information content (AvgIpc) is 2.40. The Hall–Kier alpha value is -2.09. The number of rotatable bonds is 4. The van der Waals surface area contributed by atoms with Crippen molar-refractivity contribution in [2.24, 2.45) is 5.14 Å². The van der Waals surface area contributed by atoms with E-state index in [9.17, 15) is 13.2 Å². The molecule has 0 saturated heterocycles. The lowest BCUT2D eigenvalue weighted by Crippen LogP contribution is -2.14. The Morgan fingerprint density at radius 1 is 1.19 bits per heavy atom. The van der Waals surface area contributed by atoms with E-state index in [0.29, 0.717) is 5.69 Å². The summed E-state index contributed by atoms with van der Waals surface area (Å²) in [5.74, 6) is -1.18. The Morgan fingerprint density at radius 3 is 2.48 bits per heavy atom. The lowest BCUT2D eigenvalue weighted by molar-refractivity contribution is 0.0697. The van der Waals surface area contributed by atoms with Gasteiger partial charge in [-0.1, -0.05) is 23.7 Å².